The highest BCUT2D eigenvalue weighted by atomic mass is 35.5. The van der Waals surface area contributed by atoms with Crippen LogP contribution in [0.5, 0.6) is 5.75 Å². The van der Waals surface area contributed by atoms with Gasteiger partial charge in [-0.2, -0.15) is 5.10 Å². The van der Waals surface area contributed by atoms with Crippen LogP contribution in [0.15, 0.2) is 85.1 Å². The summed E-state index contributed by atoms with van der Waals surface area (Å²) in [5.74, 6) is 0.976. The molecule has 1 aromatic heterocycles. The quantitative estimate of drug-likeness (QED) is 0.407. The lowest BCUT2D eigenvalue weighted by Crippen LogP contribution is -2.13. The summed E-state index contributed by atoms with van der Waals surface area (Å²) in [5, 5.41) is 7.92. The monoisotopic (exact) mass is 431 g/mol. The Hall–Kier alpha value is -3.57. The smallest absolute Gasteiger partial charge is 0.256 e. The van der Waals surface area contributed by atoms with Crippen LogP contribution in [0.25, 0.3) is 0 Å². The molecule has 0 aliphatic rings. The second kappa shape index (κ2) is 9.49. The van der Waals surface area contributed by atoms with Crippen LogP contribution in [0.4, 0.5) is 5.82 Å². The van der Waals surface area contributed by atoms with Crippen molar-refractivity contribution < 1.29 is 9.53 Å². The molecule has 0 fully saturated rings. The minimum atomic E-state index is -0.217. The molecule has 4 rings (SSSR count). The number of hydrogen-bond acceptors (Lipinski definition) is 3. The van der Waals surface area contributed by atoms with E-state index in [0.717, 1.165) is 11.1 Å². The van der Waals surface area contributed by atoms with E-state index in [0.29, 0.717) is 35.3 Å². The summed E-state index contributed by atoms with van der Waals surface area (Å²) >= 11 is 5.98. The van der Waals surface area contributed by atoms with Crippen molar-refractivity contribution in [3.8, 4) is 5.75 Å². The fourth-order valence-electron chi connectivity index (χ4n) is 3.11. The minimum absolute atomic E-state index is 0.217. The van der Waals surface area contributed by atoms with E-state index in [4.69, 9.17) is 16.3 Å². The van der Waals surface area contributed by atoms with Crippen LogP contribution >= 0.6 is 11.6 Å². The maximum atomic E-state index is 12.7. The molecule has 5 nitrogen and oxygen atoms in total. The number of carbonyl (C=O) groups is 1. The van der Waals surface area contributed by atoms with Gasteiger partial charge in [-0.15, -0.1) is 0 Å². The molecular formula is C25H22ClN3O2. The third kappa shape index (κ3) is 5.74. The zero-order valence-corrected chi connectivity index (χ0v) is 17.8. The molecule has 1 amide bonds. The third-order valence-electron chi connectivity index (χ3n) is 4.74. The summed E-state index contributed by atoms with van der Waals surface area (Å²) in [6.45, 7) is 3.04. The van der Waals surface area contributed by atoms with E-state index in [-0.39, 0.29) is 5.91 Å². The van der Waals surface area contributed by atoms with Crippen molar-refractivity contribution in [2.24, 2.45) is 0 Å². The molecule has 31 heavy (non-hydrogen) atoms. The molecule has 6 heteroatoms. The highest BCUT2D eigenvalue weighted by Gasteiger charge is 2.09. The Morgan fingerprint density at radius 1 is 1.00 bits per heavy atom. The van der Waals surface area contributed by atoms with E-state index in [2.05, 4.69) is 41.6 Å². The zero-order valence-electron chi connectivity index (χ0n) is 17.1. The summed E-state index contributed by atoms with van der Waals surface area (Å²) < 4.78 is 7.56. The minimum Gasteiger partial charge on any atom is -0.489 e. The van der Waals surface area contributed by atoms with Gasteiger partial charge >= 0.3 is 0 Å². The van der Waals surface area contributed by atoms with Crippen LogP contribution in [-0.2, 0) is 13.2 Å². The largest absolute Gasteiger partial charge is 0.489 e. The fourth-order valence-corrected chi connectivity index (χ4v) is 3.29. The molecule has 0 radical (unpaired) electrons. The summed E-state index contributed by atoms with van der Waals surface area (Å²) in [6, 6.07) is 24.6. The highest BCUT2D eigenvalue weighted by Crippen LogP contribution is 2.19. The maximum absolute atomic E-state index is 12.7. The van der Waals surface area contributed by atoms with Gasteiger partial charge in [0.1, 0.15) is 12.4 Å². The maximum Gasteiger partial charge on any atom is 0.256 e. The predicted molar refractivity (Wildman–Crippen MR) is 123 cm³/mol. The van der Waals surface area contributed by atoms with Crippen molar-refractivity contribution in [3.63, 3.8) is 0 Å². The average molecular weight is 432 g/mol. The first kappa shape index (κ1) is 20.7. The van der Waals surface area contributed by atoms with E-state index >= 15 is 0 Å². The second-order valence-corrected chi connectivity index (χ2v) is 7.72. The number of ether oxygens (including phenoxy) is 1. The third-order valence-corrected chi connectivity index (χ3v) is 4.97. The van der Waals surface area contributed by atoms with Crippen LogP contribution in [0.1, 0.15) is 27.0 Å². The number of hydrogen-bond donors (Lipinski definition) is 1. The topological polar surface area (TPSA) is 56.2 Å². The van der Waals surface area contributed by atoms with Crippen molar-refractivity contribution in [1.82, 2.24) is 9.78 Å². The Labute approximate surface area is 186 Å². The van der Waals surface area contributed by atoms with Gasteiger partial charge in [0.25, 0.3) is 5.91 Å². The van der Waals surface area contributed by atoms with Gasteiger partial charge in [-0.25, -0.2) is 0 Å². The molecule has 1 heterocycles. The van der Waals surface area contributed by atoms with Gasteiger partial charge in [-0.3, -0.25) is 9.48 Å². The normalized spacial score (nSPS) is 10.6. The number of nitrogens with one attached hydrogen (secondary N) is 1. The van der Waals surface area contributed by atoms with E-state index in [9.17, 15) is 4.79 Å². The van der Waals surface area contributed by atoms with Gasteiger partial charge in [0.15, 0.2) is 5.82 Å². The average Bonchev–Trinajstić information content (AvgIpc) is 3.21. The summed E-state index contributed by atoms with van der Waals surface area (Å²) in [7, 11) is 0. The van der Waals surface area contributed by atoms with Gasteiger partial charge in [0, 0.05) is 22.8 Å². The van der Waals surface area contributed by atoms with Crippen molar-refractivity contribution in [3.05, 3.63) is 112 Å². The first-order valence-corrected chi connectivity index (χ1v) is 10.3. The van der Waals surface area contributed by atoms with Gasteiger partial charge in [0.05, 0.1) is 6.54 Å². The molecule has 3 aromatic carbocycles. The SMILES string of the molecule is Cc1ccc(Cn2ccc(NC(=O)c3cccc(COc4cccc(Cl)c4)c3)n2)cc1. The second-order valence-electron chi connectivity index (χ2n) is 7.28. The zero-order chi connectivity index (χ0) is 21.6. The molecule has 0 saturated carbocycles. The molecule has 4 aromatic rings. The molecule has 0 unspecified atom stereocenters. The van der Waals surface area contributed by atoms with E-state index in [1.165, 1.54) is 5.56 Å². The van der Waals surface area contributed by atoms with Crippen molar-refractivity contribution in [1.29, 1.82) is 0 Å². The number of halogens is 1. The van der Waals surface area contributed by atoms with E-state index in [1.54, 1.807) is 28.9 Å². The first-order valence-electron chi connectivity index (χ1n) is 9.93. The number of amides is 1. The number of carbonyl (C=O) groups excluding carboxylic acids is 1. The van der Waals surface area contributed by atoms with Crippen molar-refractivity contribution >= 4 is 23.3 Å². The molecule has 156 valence electrons. The molecule has 0 aliphatic carbocycles. The van der Waals surface area contributed by atoms with Crippen LogP contribution in [0.3, 0.4) is 0 Å². The molecule has 0 spiro atoms. The summed E-state index contributed by atoms with van der Waals surface area (Å²) in [4.78, 5) is 12.7. The molecular weight excluding hydrogens is 410 g/mol. The first-order chi connectivity index (χ1) is 15.0. The van der Waals surface area contributed by atoms with Crippen molar-refractivity contribution in [2.75, 3.05) is 5.32 Å². The van der Waals surface area contributed by atoms with Gasteiger partial charge < -0.3 is 10.1 Å². The Kier molecular flexibility index (Phi) is 6.34. The lowest BCUT2D eigenvalue weighted by atomic mass is 10.1. The lowest BCUT2D eigenvalue weighted by molar-refractivity contribution is 0.102. The van der Waals surface area contributed by atoms with Gasteiger partial charge in [-0.1, -0.05) is 59.6 Å². The van der Waals surface area contributed by atoms with Crippen LogP contribution in [-0.4, -0.2) is 15.7 Å². The number of rotatable bonds is 7. The Morgan fingerprint density at radius 2 is 1.81 bits per heavy atom. The van der Waals surface area contributed by atoms with Crippen LogP contribution < -0.4 is 10.1 Å². The van der Waals surface area contributed by atoms with Crippen LogP contribution in [0, 0.1) is 6.92 Å². The number of aryl methyl sites for hydroxylation is 1. The number of aromatic nitrogens is 2. The van der Waals surface area contributed by atoms with E-state index in [1.807, 2.05) is 36.5 Å². The molecule has 1 N–H and O–H groups in total. The number of anilines is 1. The number of benzene rings is 3. The highest BCUT2D eigenvalue weighted by molar-refractivity contribution is 6.30. The summed E-state index contributed by atoms with van der Waals surface area (Å²) in [6.07, 6.45) is 1.85. The molecule has 0 atom stereocenters. The Bertz CT molecular complexity index is 1190. The molecule has 0 bridgehead atoms. The molecule has 0 saturated heterocycles. The van der Waals surface area contributed by atoms with Crippen molar-refractivity contribution in [2.45, 2.75) is 20.1 Å². The lowest BCUT2D eigenvalue weighted by Gasteiger charge is -2.08. The number of nitrogens with zero attached hydrogens (tertiary/aromatic N) is 2. The predicted octanol–water partition coefficient (Wildman–Crippen LogP) is 5.72. The summed E-state index contributed by atoms with van der Waals surface area (Å²) in [5.41, 5.74) is 3.80. The van der Waals surface area contributed by atoms with Crippen LogP contribution in [0.2, 0.25) is 5.02 Å². The van der Waals surface area contributed by atoms with Gasteiger partial charge in [-0.05, 0) is 48.4 Å². The Morgan fingerprint density at radius 3 is 2.61 bits per heavy atom. The Balaban J connectivity index is 1.37. The fraction of sp³-hybridized carbons (Fsp3) is 0.120. The standard InChI is InChI=1S/C25H22ClN3O2/c1-18-8-10-19(11-9-18)16-29-13-12-24(28-29)27-25(30)21-5-2-4-20(14-21)17-31-23-7-3-6-22(26)15-23/h2-15H,16-17H2,1H3,(H,27,28,30). The van der Waals surface area contributed by atoms with E-state index < -0.39 is 0 Å². The molecule has 0 aliphatic heterocycles. The van der Waals surface area contributed by atoms with Gasteiger partial charge in [0.2, 0.25) is 0 Å².